The Bertz CT molecular complexity index is 1020. The molecule has 0 atom stereocenters. The number of carbonyl (C=O) groups excluding carboxylic acids is 1. The number of hydrogen-bond donors (Lipinski definition) is 1. The Hall–Kier alpha value is -3.02. The maximum absolute atomic E-state index is 13.3. The van der Waals surface area contributed by atoms with Crippen molar-refractivity contribution in [3.05, 3.63) is 82.2 Å². The fraction of sp³-hybridized carbons (Fsp3) is 0.273. The van der Waals surface area contributed by atoms with Gasteiger partial charge < -0.3 is 5.32 Å². The van der Waals surface area contributed by atoms with E-state index < -0.39 is 11.6 Å². The van der Waals surface area contributed by atoms with Crippen LogP contribution in [0.25, 0.3) is 5.69 Å². The Morgan fingerprint density at radius 3 is 2.64 bits per heavy atom. The van der Waals surface area contributed by atoms with Crippen LogP contribution in [-0.4, -0.2) is 22.2 Å². The fourth-order valence-corrected chi connectivity index (χ4v) is 3.78. The topological polar surface area (TPSA) is 46.9 Å². The molecule has 0 aliphatic heterocycles. The van der Waals surface area contributed by atoms with Crippen molar-refractivity contribution >= 4 is 5.91 Å². The van der Waals surface area contributed by atoms with Crippen LogP contribution in [0.3, 0.4) is 0 Å². The van der Waals surface area contributed by atoms with Crippen molar-refractivity contribution in [1.82, 2.24) is 15.1 Å². The summed E-state index contributed by atoms with van der Waals surface area (Å²) >= 11 is 0. The number of aryl methyl sites for hydroxylation is 1. The average molecular weight is 381 g/mol. The molecule has 6 heteroatoms. The molecular weight excluding hydrogens is 360 g/mol. The van der Waals surface area contributed by atoms with Crippen molar-refractivity contribution in [3.63, 3.8) is 0 Å². The fourth-order valence-electron chi connectivity index (χ4n) is 3.78. The minimum Gasteiger partial charge on any atom is -0.350 e. The predicted molar refractivity (Wildman–Crippen MR) is 103 cm³/mol. The molecule has 28 heavy (non-hydrogen) atoms. The largest absolute Gasteiger partial charge is 0.350 e. The highest BCUT2D eigenvalue weighted by atomic mass is 19.1. The molecule has 1 amide bonds. The summed E-state index contributed by atoms with van der Waals surface area (Å²) in [6.07, 6.45) is 3.08. The van der Waals surface area contributed by atoms with E-state index in [0.717, 1.165) is 47.8 Å². The number of carbonyl (C=O) groups is 1. The van der Waals surface area contributed by atoms with E-state index in [4.69, 9.17) is 0 Å². The summed E-state index contributed by atoms with van der Waals surface area (Å²) in [4.78, 5) is 12.7. The lowest BCUT2D eigenvalue weighted by Crippen LogP contribution is -2.27. The lowest BCUT2D eigenvalue weighted by Gasteiger charge is -2.08. The van der Waals surface area contributed by atoms with Crippen molar-refractivity contribution in [3.8, 4) is 5.69 Å². The first-order valence-corrected chi connectivity index (χ1v) is 9.43. The van der Waals surface area contributed by atoms with Gasteiger partial charge in [0.15, 0.2) is 5.69 Å². The SMILES string of the molecule is Cc1ccccc1-n1nc(C(=O)NCCc2cc(F)cc(F)c2)c2c1CCC2. The van der Waals surface area contributed by atoms with Gasteiger partial charge in [-0.25, -0.2) is 13.5 Å². The third-order valence-electron chi connectivity index (χ3n) is 5.11. The first kappa shape index (κ1) is 18.3. The lowest BCUT2D eigenvalue weighted by molar-refractivity contribution is 0.0948. The highest BCUT2D eigenvalue weighted by Crippen LogP contribution is 2.28. The number of fused-ring (bicyclic) bond motifs is 1. The van der Waals surface area contributed by atoms with Crippen LogP contribution in [0.5, 0.6) is 0 Å². The summed E-state index contributed by atoms with van der Waals surface area (Å²) in [5, 5.41) is 7.44. The number of halogens is 2. The molecule has 144 valence electrons. The first-order valence-electron chi connectivity index (χ1n) is 9.43. The number of benzene rings is 2. The molecule has 0 radical (unpaired) electrons. The van der Waals surface area contributed by atoms with E-state index in [1.54, 1.807) is 0 Å². The van der Waals surface area contributed by atoms with Crippen LogP contribution < -0.4 is 5.32 Å². The van der Waals surface area contributed by atoms with Gasteiger partial charge in [-0.2, -0.15) is 5.10 Å². The van der Waals surface area contributed by atoms with Gasteiger partial charge in [0.2, 0.25) is 0 Å². The quantitative estimate of drug-likeness (QED) is 0.728. The summed E-state index contributed by atoms with van der Waals surface area (Å²) < 4.78 is 28.5. The van der Waals surface area contributed by atoms with Gasteiger partial charge in [0, 0.05) is 23.9 Å². The van der Waals surface area contributed by atoms with E-state index in [1.165, 1.54) is 12.1 Å². The van der Waals surface area contributed by atoms with Crippen molar-refractivity contribution in [2.75, 3.05) is 6.54 Å². The Balaban J connectivity index is 1.52. The zero-order valence-electron chi connectivity index (χ0n) is 15.6. The van der Waals surface area contributed by atoms with Gasteiger partial charge in [-0.3, -0.25) is 4.79 Å². The zero-order valence-corrected chi connectivity index (χ0v) is 15.6. The molecule has 3 aromatic rings. The molecule has 4 nitrogen and oxygen atoms in total. The molecule has 0 unspecified atom stereocenters. The molecule has 0 bridgehead atoms. The molecule has 1 heterocycles. The van der Waals surface area contributed by atoms with Crippen LogP contribution in [-0.2, 0) is 19.3 Å². The van der Waals surface area contributed by atoms with E-state index in [2.05, 4.69) is 10.4 Å². The van der Waals surface area contributed by atoms with Crippen LogP contribution in [0.4, 0.5) is 8.78 Å². The van der Waals surface area contributed by atoms with Crippen LogP contribution in [0.1, 0.15) is 39.3 Å². The minimum absolute atomic E-state index is 0.248. The van der Waals surface area contributed by atoms with Gasteiger partial charge in [-0.05, 0) is 61.9 Å². The van der Waals surface area contributed by atoms with E-state index in [1.807, 2.05) is 35.9 Å². The van der Waals surface area contributed by atoms with Gasteiger partial charge in [0.25, 0.3) is 5.91 Å². The number of aromatic nitrogens is 2. The number of rotatable bonds is 5. The van der Waals surface area contributed by atoms with E-state index >= 15 is 0 Å². The molecule has 2 aromatic carbocycles. The van der Waals surface area contributed by atoms with E-state index in [0.29, 0.717) is 17.7 Å². The van der Waals surface area contributed by atoms with Crippen LogP contribution in [0, 0.1) is 18.6 Å². The molecule has 0 spiro atoms. The van der Waals surface area contributed by atoms with Gasteiger partial charge >= 0.3 is 0 Å². The van der Waals surface area contributed by atoms with Gasteiger partial charge in [0.05, 0.1) is 5.69 Å². The summed E-state index contributed by atoms with van der Waals surface area (Å²) in [5.74, 6) is -1.48. The molecule has 1 aliphatic carbocycles. The van der Waals surface area contributed by atoms with Crippen LogP contribution >= 0.6 is 0 Å². The molecule has 1 aliphatic rings. The van der Waals surface area contributed by atoms with Crippen molar-refractivity contribution in [1.29, 1.82) is 0 Å². The Morgan fingerprint density at radius 1 is 1.14 bits per heavy atom. The average Bonchev–Trinajstić information content (AvgIpc) is 3.24. The molecule has 1 N–H and O–H groups in total. The smallest absolute Gasteiger partial charge is 0.272 e. The van der Waals surface area contributed by atoms with Crippen molar-refractivity contribution in [2.24, 2.45) is 0 Å². The Labute approximate surface area is 162 Å². The number of amides is 1. The summed E-state index contributed by atoms with van der Waals surface area (Å²) in [5.41, 5.74) is 5.12. The molecular formula is C22H21F2N3O. The van der Waals surface area contributed by atoms with E-state index in [9.17, 15) is 13.6 Å². The summed E-state index contributed by atoms with van der Waals surface area (Å²) in [7, 11) is 0. The van der Waals surface area contributed by atoms with Crippen molar-refractivity contribution < 1.29 is 13.6 Å². The molecule has 0 saturated carbocycles. The standard InChI is InChI=1S/C22H21F2N3O/c1-14-5-2-3-7-19(14)27-20-8-4-6-18(20)21(26-27)22(28)25-10-9-15-11-16(23)13-17(24)12-15/h2-3,5,7,11-13H,4,6,8-10H2,1H3,(H,25,28). The highest BCUT2D eigenvalue weighted by molar-refractivity contribution is 5.94. The Morgan fingerprint density at radius 2 is 1.89 bits per heavy atom. The maximum Gasteiger partial charge on any atom is 0.272 e. The zero-order chi connectivity index (χ0) is 19.7. The monoisotopic (exact) mass is 381 g/mol. The van der Waals surface area contributed by atoms with Crippen LogP contribution in [0.15, 0.2) is 42.5 Å². The molecule has 0 fully saturated rings. The minimum atomic E-state index is -0.615. The molecule has 0 saturated heterocycles. The third-order valence-corrected chi connectivity index (χ3v) is 5.11. The third kappa shape index (κ3) is 3.54. The number of para-hydroxylation sites is 1. The Kier molecular flexibility index (Phi) is 4.94. The lowest BCUT2D eigenvalue weighted by atomic mass is 10.1. The molecule has 1 aromatic heterocycles. The highest BCUT2D eigenvalue weighted by Gasteiger charge is 2.27. The van der Waals surface area contributed by atoms with Crippen LogP contribution in [0.2, 0.25) is 0 Å². The number of nitrogens with one attached hydrogen (secondary N) is 1. The summed E-state index contributed by atoms with van der Waals surface area (Å²) in [6, 6.07) is 11.4. The first-order chi connectivity index (χ1) is 13.5. The second-order valence-corrected chi connectivity index (χ2v) is 7.11. The number of hydrogen-bond acceptors (Lipinski definition) is 2. The normalized spacial score (nSPS) is 12.8. The molecule has 4 rings (SSSR count). The maximum atomic E-state index is 13.3. The second-order valence-electron chi connectivity index (χ2n) is 7.11. The summed E-state index contributed by atoms with van der Waals surface area (Å²) in [6.45, 7) is 2.31. The van der Waals surface area contributed by atoms with Gasteiger partial charge in [-0.1, -0.05) is 18.2 Å². The second kappa shape index (κ2) is 7.54. The van der Waals surface area contributed by atoms with Crippen molar-refractivity contribution in [2.45, 2.75) is 32.6 Å². The van der Waals surface area contributed by atoms with Gasteiger partial charge in [0.1, 0.15) is 11.6 Å². The predicted octanol–water partition coefficient (Wildman–Crippen LogP) is 3.92. The van der Waals surface area contributed by atoms with E-state index in [-0.39, 0.29) is 12.5 Å². The number of nitrogens with zero attached hydrogens (tertiary/aromatic N) is 2. The van der Waals surface area contributed by atoms with Gasteiger partial charge in [-0.15, -0.1) is 0 Å².